The van der Waals surface area contributed by atoms with Gasteiger partial charge < -0.3 is 30.6 Å². The highest BCUT2D eigenvalue weighted by atomic mass is 19.1. The van der Waals surface area contributed by atoms with Crippen molar-refractivity contribution in [3.63, 3.8) is 0 Å². The van der Waals surface area contributed by atoms with Crippen LogP contribution in [-0.2, 0) is 0 Å². The summed E-state index contributed by atoms with van der Waals surface area (Å²) in [5.41, 5.74) is 7.56. The van der Waals surface area contributed by atoms with Crippen molar-refractivity contribution in [3.05, 3.63) is 77.1 Å². The van der Waals surface area contributed by atoms with E-state index < -0.39 is 11.8 Å². The van der Waals surface area contributed by atoms with Gasteiger partial charge in [-0.1, -0.05) is 13.8 Å². The van der Waals surface area contributed by atoms with E-state index >= 15 is 0 Å². The number of halogens is 1. The van der Waals surface area contributed by atoms with Crippen LogP contribution in [0.25, 0.3) is 16.7 Å². The Hall–Kier alpha value is -4.51. The quantitative estimate of drug-likeness (QED) is 0.315. The average molecular weight is 506 g/mol. The van der Waals surface area contributed by atoms with E-state index in [1.54, 1.807) is 35.0 Å². The Morgan fingerprint density at radius 3 is 2.57 bits per heavy atom. The van der Waals surface area contributed by atoms with Crippen LogP contribution in [0, 0.1) is 5.82 Å². The number of anilines is 3. The largest absolute Gasteiger partial charge is 0.490 e. The maximum atomic E-state index is 13.8. The standard InChI is InChI=1S/C26H28FN7O3/c1-3-33(4-2)13-14-37-22-15-17(27)5-10-20(22)32-26(36)31-18-6-8-19(9-7-18)34-12-11-21(35)23-24(28)29-16-30-25(23)34/h5-12,15-16H,3-4,13-14H2,1-2H3,(H2,28,29,30)(H2,31,32,36). The normalized spacial score (nSPS) is 11.0. The zero-order valence-corrected chi connectivity index (χ0v) is 20.6. The van der Waals surface area contributed by atoms with Gasteiger partial charge in [-0.05, 0) is 49.5 Å². The number of amides is 2. The van der Waals surface area contributed by atoms with Gasteiger partial charge in [-0.3, -0.25) is 4.79 Å². The molecule has 192 valence electrons. The molecule has 2 aromatic carbocycles. The van der Waals surface area contributed by atoms with E-state index in [0.29, 0.717) is 35.9 Å². The van der Waals surface area contributed by atoms with Gasteiger partial charge in [0.15, 0.2) is 11.1 Å². The minimum atomic E-state index is -0.512. The molecule has 0 fully saturated rings. The Morgan fingerprint density at radius 1 is 1.08 bits per heavy atom. The van der Waals surface area contributed by atoms with Crippen LogP contribution in [0.15, 0.2) is 65.8 Å². The summed E-state index contributed by atoms with van der Waals surface area (Å²) in [6.45, 7) is 6.93. The monoisotopic (exact) mass is 505 g/mol. The maximum absolute atomic E-state index is 13.8. The summed E-state index contributed by atoms with van der Waals surface area (Å²) < 4.78 is 21.3. The molecule has 4 aromatic rings. The van der Waals surface area contributed by atoms with Crippen molar-refractivity contribution in [2.75, 3.05) is 42.6 Å². The van der Waals surface area contributed by atoms with Gasteiger partial charge in [-0.25, -0.2) is 19.2 Å². The van der Waals surface area contributed by atoms with Gasteiger partial charge in [0.05, 0.1) is 5.69 Å². The number of pyridine rings is 1. The fourth-order valence-electron chi connectivity index (χ4n) is 3.85. The Bertz CT molecular complexity index is 1450. The highest BCUT2D eigenvalue weighted by Crippen LogP contribution is 2.26. The maximum Gasteiger partial charge on any atom is 0.323 e. The third-order valence-corrected chi connectivity index (χ3v) is 5.86. The lowest BCUT2D eigenvalue weighted by Gasteiger charge is -2.19. The Labute approximate surface area is 212 Å². The predicted molar refractivity (Wildman–Crippen MR) is 142 cm³/mol. The first kappa shape index (κ1) is 25.6. The van der Waals surface area contributed by atoms with E-state index in [1.165, 1.54) is 30.6 Å². The first-order valence-corrected chi connectivity index (χ1v) is 11.8. The molecule has 0 aliphatic rings. The summed E-state index contributed by atoms with van der Waals surface area (Å²) in [5, 5.41) is 5.69. The fraction of sp³-hybridized carbons (Fsp3) is 0.231. The molecule has 0 saturated carbocycles. The van der Waals surface area contributed by atoms with Crippen molar-refractivity contribution < 1.29 is 13.9 Å². The van der Waals surface area contributed by atoms with Crippen molar-refractivity contribution >= 4 is 34.3 Å². The van der Waals surface area contributed by atoms with Crippen LogP contribution in [0.4, 0.5) is 26.4 Å². The molecule has 10 nitrogen and oxygen atoms in total. The minimum Gasteiger partial charge on any atom is -0.490 e. The molecule has 2 aromatic heterocycles. The van der Waals surface area contributed by atoms with Gasteiger partial charge >= 0.3 is 6.03 Å². The zero-order chi connectivity index (χ0) is 26.4. The molecule has 2 amide bonds. The van der Waals surface area contributed by atoms with E-state index in [2.05, 4.69) is 39.3 Å². The van der Waals surface area contributed by atoms with Gasteiger partial charge in [0, 0.05) is 36.2 Å². The van der Waals surface area contributed by atoms with Crippen LogP contribution in [0.2, 0.25) is 0 Å². The molecule has 11 heteroatoms. The lowest BCUT2D eigenvalue weighted by molar-refractivity contribution is 0.223. The van der Waals surface area contributed by atoms with Crippen LogP contribution < -0.4 is 26.5 Å². The molecule has 0 radical (unpaired) electrons. The first-order valence-electron chi connectivity index (χ1n) is 11.8. The van der Waals surface area contributed by atoms with E-state index in [4.69, 9.17) is 10.5 Å². The van der Waals surface area contributed by atoms with Crippen molar-refractivity contribution in [1.29, 1.82) is 0 Å². The molecule has 0 aliphatic heterocycles. The molecule has 0 aliphatic carbocycles. The molecular formula is C26H28FN7O3. The number of ether oxygens (including phenoxy) is 1. The first-order chi connectivity index (χ1) is 17.9. The number of nitrogens with zero attached hydrogens (tertiary/aromatic N) is 4. The Morgan fingerprint density at radius 2 is 1.84 bits per heavy atom. The van der Waals surface area contributed by atoms with Crippen molar-refractivity contribution in [1.82, 2.24) is 19.4 Å². The smallest absolute Gasteiger partial charge is 0.323 e. The number of urea groups is 1. The second kappa shape index (κ2) is 11.5. The van der Waals surface area contributed by atoms with Crippen LogP contribution in [0.5, 0.6) is 5.75 Å². The summed E-state index contributed by atoms with van der Waals surface area (Å²) >= 11 is 0. The average Bonchev–Trinajstić information content (AvgIpc) is 2.89. The number of carbonyl (C=O) groups is 1. The highest BCUT2D eigenvalue weighted by Gasteiger charge is 2.12. The number of nitrogen functional groups attached to an aromatic ring is 1. The number of fused-ring (bicyclic) bond motifs is 1. The summed E-state index contributed by atoms with van der Waals surface area (Å²) in [6, 6.07) is 11.8. The number of nitrogens with one attached hydrogen (secondary N) is 2. The van der Waals surface area contributed by atoms with Gasteiger partial charge in [0.1, 0.15) is 35.7 Å². The molecule has 0 atom stereocenters. The third-order valence-electron chi connectivity index (χ3n) is 5.86. The minimum absolute atomic E-state index is 0.108. The van der Waals surface area contributed by atoms with Gasteiger partial charge in [0.25, 0.3) is 0 Å². The third kappa shape index (κ3) is 6.01. The Kier molecular flexibility index (Phi) is 7.94. The summed E-state index contributed by atoms with van der Waals surface area (Å²) in [7, 11) is 0. The van der Waals surface area contributed by atoms with Crippen LogP contribution in [-0.4, -0.2) is 51.7 Å². The van der Waals surface area contributed by atoms with Gasteiger partial charge in [-0.15, -0.1) is 0 Å². The second-order valence-corrected chi connectivity index (χ2v) is 8.15. The van der Waals surface area contributed by atoms with Crippen LogP contribution in [0.1, 0.15) is 13.8 Å². The molecule has 4 N–H and O–H groups in total. The van der Waals surface area contributed by atoms with Crippen LogP contribution >= 0.6 is 0 Å². The number of rotatable bonds is 9. The SMILES string of the molecule is CCN(CC)CCOc1cc(F)ccc1NC(=O)Nc1ccc(-n2ccc(=O)c3c(N)ncnc32)cc1. The van der Waals surface area contributed by atoms with E-state index in [1.807, 2.05) is 0 Å². The lowest BCUT2D eigenvalue weighted by Crippen LogP contribution is -2.28. The number of nitrogens with two attached hydrogens (primary N) is 1. The van der Waals surface area contributed by atoms with Gasteiger partial charge in [-0.2, -0.15) is 0 Å². The molecule has 2 heterocycles. The number of hydrogen-bond acceptors (Lipinski definition) is 7. The Balaban J connectivity index is 1.45. The van der Waals surface area contributed by atoms with Crippen molar-refractivity contribution in [3.8, 4) is 11.4 Å². The van der Waals surface area contributed by atoms with Crippen LogP contribution in [0.3, 0.4) is 0 Å². The number of aromatic nitrogens is 3. The molecule has 0 saturated heterocycles. The van der Waals surface area contributed by atoms with E-state index in [0.717, 1.165) is 13.1 Å². The summed E-state index contributed by atoms with van der Waals surface area (Å²) in [4.78, 5) is 35.1. The number of carbonyl (C=O) groups excluding carboxylic acids is 1. The van der Waals surface area contributed by atoms with E-state index in [9.17, 15) is 14.0 Å². The summed E-state index contributed by atoms with van der Waals surface area (Å²) in [5.74, 6) is -0.0954. The molecule has 0 bridgehead atoms. The predicted octanol–water partition coefficient (Wildman–Crippen LogP) is 3.87. The number of hydrogen-bond donors (Lipinski definition) is 3. The number of likely N-dealkylation sites (N-methyl/N-ethyl adjacent to an activating group) is 1. The lowest BCUT2D eigenvalue weighted by atomic mass is 10.2. The highest BCUT2D eigenvalue weighted by molar-refractivity contribution is 6.00. The zero-order valence-electron chi connectivity index (χ0n) is 20.6. The molecule has 37 heavy (non-hydrogen) atoms. The topological polar surface area (TPSA) is 127 Å². The molecule has 4 rings (SSSR count). The van der Waals surface area contributed by atoms with E-state index in [-0.39, 0.29) is 22.4 Å². The fourth-order valence-corrected chi connectivity index (χ4v) is 3.85. The number of benzene rings is 2. The molecule has 0 spiro atoms. The van der Waals surface area contributed by atoms with Crippen molar-refractivity contribution in [2.24, 2.45) is 0 Å². The second-order valence-electron chi connectivity index (χ2n) is 8.15. The van der Waals surface area contributed by atoms with Crippen molar-refractivity contribution in [2.45, 2.75) is 13.8 Å². The molecule has 0 unspecified atom stereocenters. The molecular weight excluding hydrogens is 477 g/mol. The van der Waals surface area contributed by atoms with Gasteiger partial charge in [0.2, 0.25) is 0 Å². The summed E-state index contributed by atoms with van der Waals surface area (Å²) in [6.07, 6.45) is 2.90.